The zero-order chi connectivity index (χ0) is 13.7. The number of hydrogen-bond donors (Lipinski definition) is 1. The van der Waals surface area contributed by atoms with E-state index in [9.17, 15) is 0 Å². The summed E-state index contributed by atoms with van der Waals surface area (Å²) in [6.45, 7) is 3.69. The Hall–Kier alpha value is -1.10. The zero-order valence-electron chi connectivity index (χ0n) is 10.5. The van der Waals surface area contributed by atoms with Crippen molar-refractivity contribution < 1.29 is 4.74 Å². The fourth-order valence-corrected chi connectivity index (χ4v) is 2.34. The van der Waals surface area contributed by atoms with E-state index in [4.69, 9.17) is 16.3 Å². The van der Waals surface area contributed by atoms with Gasteiger partial charge >= 0.3 is 0 Å². The van der Waals surface area contributed by atoms with Crippen LogP contribution in [0.1, 0.15) is 12.5 Å². The third kappa shape index (κ3) is 3.93. The summed E-state index contributed by atoms with van der Waals surface area (Å²) in [5.74, 6) is 1.30. The number of aromatic nitrogens is 1. The van der Waals surface area contributed by atoms with Gasteiger partial charge in [0.1, 0.15) is 5.75 Å². The SMILES string of the molecule is CCNCc1cccnc1Oc1ccc(Cl)cc1Br. The Morgan fingerprint density at radius 3 is 2.95 bits per heavy atom. The fraction of sp³-hybridized carbons (Fsp3) is 0.214. The first-order valence-electron chi connectivity index (χ1n) is 5.98. The lowest BCUT2D eigenvalue weighted by Crippen LogP contribution is -2.12. The van der Waals surface area contributed by atoms with Gasteiger partial charge in [-0.1, -0.05) is 24.6 Å². The van der Waals surface area contributed by atoms with Crippen LogP contribution in [-0.4, -0.2) is 11.5 Å². The van der Waals surface area contributed by atoms with Gasteiger partial charge in [0.15, 0.2) is 0 Å². The second kappa shape index (κ2) is 6.89. The lowest BCUT2D eigenvalue weighted by atomic mass is 10.2. The molecule has 0 aliphatic rings. The van der Waals surface area contributed by atoms with Crippen molar-refractivity contribution in [1.82, 2.24) is 10.3 Å². The summed E-state index contributed by atoms with van der Waals surface area (Å²) in [5, 5.41) is 3.92. The molecule has 2 aromatic rings. The molecule has 3 nitrogen and oxygen atoms in total. The van der Waals surface area contributed by atoms with E-state index in [1.165, 1.54) is 0 Å². The van der Waals surface area contributed by atoms with Gasteiger partial charge in [0.2, 0.25) is 5.88 Å². The van der Waals surface area contributed by atoms with Gasteiger partial charge in [-0.25, -0.2) is 4.98 Å². The maximum atomic E-state index is 5.91. The molecule has 19 heavy (non-hydrogen) atoms. The summed E-state index contributed by atoms with van der Waals surface area (Å²) < 4.78 is 6.64. The summed E-state index contributed by atoms with van der Waals surface area (Å²) in [5.41, 5.74) is 1.02. The number of nitrogens with zero attached hydrogens (tertiary/aromatic N) is 1. The molecule has 1 aromatic carbocycles. The van der Waals surface area contributed by atoms with E-state index >= 15 is 0 Å². The second-order valence-electron chi connectivity index (χ2n) is 3.92. The average Bonchev–Trinajstić information content (AvgIpc) is 2.41. The molecule has 0 saturated carbocycles. The fourth-order valence-electron chi connectivity index (χ4n) is 1.57. The molecule has 0 bridgehead atoms. The van der Waals surface area contributed by atoms with E-state index in [2.05, 4.69) is 33.2 Å². The van der Waals surface area contributed by atoms with Gasteiger partial charge in [-0.15, -0.1) is 0 Å². The number of hydrogen-bond acceptors (Lipinski definition) is 3. The van der Waals surface area contributed by atoms with Gasteiger partial charge in [-0.05, 0) is 46.7 Å². The van der Waals surface area contributed by atoms with E-state index in [0.29, 0.717) is 16.7 Å². The van der Waals surface area contributed by atoms with E-state index in [-0.39, 0.29) is 0 Å². The smallest absolute Gasteiger partial charge is 0.223 e. The van der Waals surface area contributed by atoms with Crippen LogP contribution in [0.25, 0.3) is 0 Å². The number of nitrogens with one attached hydrogen (secondary N) is 1. The monoisotopic (exact) mass is 340 g/mol. The molecule has 1 heterocycles. The zero-order valence-corrected chi connectivity index (χ0v) is 12.8. The first-order valence-corrected chi connectivity index (χ1v) is 7.15. The summed E-state index contributed by atoms with van der Waals surface area (Å²) in [7, 11) is 0. The van der Waals surface area contributed by atoms with Crippen molar-refractivity contribution in [2.24, 2.45) is 0 Å². The van der Waals surface area contributed by atoms with Crippen molar-refractivity contribution in [3.05, 3.63) is 51.6 Å². The highest BCUT2D eigenvalue weighted by Gasteiger charge is 2.08. The van der Waals surface area contributed by atoms with Crippen LogP contribution in [0.15, 0.2) is 41.0 Å². The van der Waals surface area contributed by atoms with Gasteiger partial charge in [-0.2, -0.15) is 0 Å². The highest BCUT2D eigenvalue weighted by Crippen LogP contribution is 2.32. The van der Waals surface area contributed by atoms with Crippen LogP contribution < -0.4 is 10.1 Å². The normalized spacial score (nSPS) is 10.5. The largest absolute Gasteiger partial charge is 0.438 e. The molecule has 100 valence electrons. The Morgan fingerprint density at radius 1 is 1.37 bits per heavy atom. The average molecular weight is 342 g/mol. The van der Waals surface area contributed by atoms with Crippen LogP contribution in [0.3, 0.4) is 0 Å². The lowest BCUT2D eigenvalue weighted by molar-refractivity contribution is 0.451. The molecule has 0 unspecified atom stereocenters. The molecule has 0 spiro atoms. The third-order valence-corrected chi connectivity index (χ3v) is 3.37. The van der Waals surface area contributed by atoms with E-state index in [1.54, 1.807) is 18.3 Å². The molecule has 0 amide bonds. The Kier molecular flexibility index (Phi) is 5.19. The number of benzene rings is 1. The molecule has 0 saturated heterocycles. The lowest BCUT2D eigenvalue weighted by Gasteiger charge is -2.11. The molecule has 0 fully saturated rings. The molecule has 2 rings (SSSR count). The van der Waals surface area contributed by atoms with Crippen molar-refractivity contribution in [3.8, 4) is 11.6 Å². The quantitative estimate of drug-likeness (QED) is 0.875. The predicted octanol–water partition coefficient (Wildman–Crippen LogP) is 4.40. The van der Waals surface area contributed by atoms with Crippen molar-refractivity contribution in [2.75, 3.05) is 6.54 Å². The number of pyridine rings is 1. The van der Waals surface area contributed by atoms with Crippen LogP contribution >= 0.6 is 27.5 Å². The maximum Gasteiger partial charge on any atom is 0.223 e. The number of halogens is 2. The molecule has 0 aliphatic carbocycles. The summed E-state index contributed by atoms with van der Waals surface area (Å²) in [6.07, 6.45) is 1.72. The van der Waals surface area contributed by atoms with Crippen molar-refractivity contribution in [3.63, 3.8) is 0 Å². The minimum Gasteiger partial charge on any atom is -0.438 e. The first-order chi connectivity index (χ1) is 9.20. The molecule has 1 N–H and O–H groups in total. The van der Waals surface area contributed by atoms with E-state index in [0.717, 1.165) is 23.1 Å². The number of rotatable bonds is 5. The molecular formula is C14H14BrClN2O. The second-order valence-corrected chi connectivity index (χ2v) is 5.22. The topological polar surface area (TPSA) is 34.2 Å². The van der Waals surface area contributed by atoms with Crippen LogP contribution in [0, 0.1) is 0 Å². The van der Waals surface area contributed by atoms with Crippen LogP contribution in [0.5, 0.6) is 11.6 Å². The highest BCUT2D eigenvalue weighted by molar-refractivity contribution is 9.10. The predicted molar refractivity (Wildman–Crippen MR) is 80.8 cm³/mol. The molecular weight excluding hydrogens is 328 g/mol. The van der Waals surface area contributed by atoms with Gasteiger partial charge in [0, 0.05) is 23.3 Å². The maximum absolute atomic E-state index is 5.91. The Bertz CT molecular complexity index is 563. The summed E-state index contributed by atoms with van der Waals surface area (Å²) in [4.78, 5) is 4.27. The van der Waals surface area contributed by atoms with Crippen LogP contribution in [0.4, 0.5) is 0 Å². The van der Waals surface area contributed by atoms with Gasteiger partial charge in [0.25, 0.3) is 0 Å². The van der Waals surface area contributed by atoms with Crippen molar-refractivity contribution in [1.29, 1.82) is 0 Å². The molecule has 0 atom stereocenters. The van der Waals surface area contributed by atoms with Crippen molar-refractivity contribution in [2.45, 2.75) is 13.5 Å². The first kappa shape index (κ1) is 14.3. The van der Waals surface area contributed by atoms with Crippen molar-refractivity contribution >= 4 is 27.5 Å². The summed E-state index contributed by atoms with van der Waals surface area (Å²) >= 11 is 9.34. The van der Waals surface area contributed by atoms with E-state index < -0.39 is 0 Å². The minimum atomic E-state index is 0.603. The standard InChI is InChI=1S/C14H14BrClN2O/c1-2-17-9-10-4-3-7-18-14(10)19-13-6-5-11(16)8-12(13)15/h3-8,17H,2,9H2,1H3. The molecule has 0 radical (unpaired) electrons. The molecule has 5 heteroatoms. The Labute approximate surface area is 126 Å². The number of ether oxygens (including phenoxy) is 1. The van der Waals surface area contributed by atoms with Crippen LogP contribution in [-0.2, 0) is 6.54 Å². The third-order valence-electron chi connectivity index (χ3n) is 2.52. The Balaban J connectivity index is 2.22. The molecule has 1 aromatic heterocycles. The Morgan fingerprint density at radius 2 is 2.21 bits per heavy atom. The molecule has 0 aliphatic heterocycles. The van der Waals surface area contributed by atoms with Gasteiger partial charge < -0.3 is 10.1 Å². The minimum absolute atomic E-state index is 0.603. The van der Waals surface area contributed by atoms with Crippen LogP contribution in [0.2, 0.25) is 5.02 Å². The van der Waals surface area contributed by atoms with Gasteiger partial charge in [-0.3, -0.25) is 0 Å². The van der Waals surface area contributed by atoms with Gasteiger partial charge in [0.05, 0.1) is 4.47 Å². The highest BCUT2D eigenvalue weighted by atomic mass is 79.9. The summed E-state index contributed by atoms with van der Waals surface area (Å²) in [6, 6.07) is 9.29. The van der Waals surface area contributed by atoms with E-state index in [1.807, 2.05) is 18.2 Å².